The van der Waals surface area contributed by atoms with Crippen LogP contribution in [-0.2, 0) is 7.05 Å². The summed E-state index contributed by atoms with van der Waals surface area (Å²) >= 11 is 0. The van der Waals surface area contributed by atoms with E-state index in [9.17, 15) is 0 Å². The van der Waals surface area contributed by atoms with Crippen molar-refractivity contribution in [3.05, 3.63) is 35.9 Å². The van der Waals surface area contributed by atoms with E-state index in [1.165, 1.54) is 0 Å². The van der Waals surface area contributed by atoms with E-state index < -0.39 is 0 Å². The average molecular weight is 218 g/mol. The summed E-state index contributed by atoms with van der Waals surface area (Å²) in [4.78, 5) is 4.12. The van der Waals surface area contributed by atoms with Gasteiger partial charge in [0.2, 0.25) is 0 Å². The molecule has 1 unspecified atom stereocenters. The lowest BCUT2D eigenvalue weighted by molar-refractivity contribution is 0.610. The molecule has 0 radical (unpaired) electrons. The molecule has 0 aliphatic rings. The third kappa shape index (κ3) is 2.06. The van der Waals surface area contributed by atoms with Gasteiger partial charge in [-0.1, -0.05) is 6.07 Å². The third-order valence-electron chi connectivity index (χ3n) is 2.46. The molecule has 2 aromatic rings. The minimum atomic E-state index is 0.124. The number of rotatable bonds is 4. The smallest absolute Gasteiger partial charge is 0.159 e. The fourth-order valence-corrected chi connectivity index (χ4v) is 1.68. The van der Waals surface area contributed by atoms with Gasteiger partial charge in [0.05, 0.1) is 5.92 Å². The summed E-state index contributed by atoms with van der Waals surface area (Å²) < 4.78 is 1.69. The van der Waals surface area contributed by atoms with E-state index >= 15 is 0 Å². The maximum atomic E-state index is 4.12. The summed E-state index contributed by atoms with van der Waals surface area (Å²) in [6.07, 6.45) is 3.60. The van der Waals surface area contributed by atoms with Crippen molar-refractivity contribution in [1.29, 1.82) is 0 Å². The van der Waals surface area contributed by atoms with E-state index in [2.05, 4.69) is 25.8 Å². The van der Waals surface area contributed by atoms with Crippen molar-refractivity contribution in [3.8, 4) is 0 Å². The fraction of sp³-hybridized carbons (Fsp3) is 0.400. The van der Waals surface area contributed by atoms with Crippen molar-refractivity contribution >= 4 is 0 Å². The molecule has 0 amide bonds. The highest BCUT2D eigenvalue weighted by molar-refractivity contribution is 5.22. The lowest BCUT2D eigenvalue weighted by atomic mass is 10.0. The molecule has 2 heterocycles. The van der Waals surface area contributed by atoms with Crippen LogP contribution in [0.2, 0.25) is 0 Å². The molecule has 0 saturated carbocycles. The minimum absolute atomic E-state index is 0.124. The lowest BCUT2D eigenvalue weighted by Crippen LogP contribution is -2.21. The molecule has 84 valence electrons. The second-order valence-corrected chi connectivity index (χ2v) is 3.56. The molecule has 0 fully saturated rings. The van der Waals surface area contributed by atoms with Crippen LogP contribution in [0.4, 0.5) is 0 Å². The molecule has 0 bridgehead atoms. The van der Waals surface area contributed by atoms with E-state index in [1.54, 1.807) is 10.9 Å². The maximum Gasteiger partial charge on any atom is 0.159 e. The molecular formula is C10H14N6. The summed E-state index contributed by atoms with van der Waals surface area (Å²) in [5, 5.41) is 14.7. The van der Waals surface area contributed by atoms with Crippen LogP contribution in [0.25, 0.3) is 0 Å². The van der Waals surface area contributed by atoms with Gasteiger partial charge in [0, 0.05) is 26.0 Å². The molecule has 1 atom stereocenters. The number of hydrogen-bond acceptors (Lipinski definition) is 5. The van der Waals surface area contributed by atoms with E-state index in [1.807, 2.05) is 32.4 Å². The normalized spacial score (nSPS) is 12.6. The minimum Gasteiger partial charge on any atom is -0.319 e. The summed E-state index contributed by atoms with van der Waals surface area (Å²) in [5.41, 5.74) is 1.11. The van der Waals surface area contributed by atoms with Gasteiger partial charge in [-0.05, 0) is 29.1 Å². The van der Waals surface area contributed by atoms with E-state index in [0.29, 0.717) is 0 Å². The summed E-state index contributed by atoms with van der Waals surface area (Å²) in [6, 6.07) is 3.95. The third-order valence-corrected chi connectivity index (χ3v) is 2.46. The molecule has 0 aliphatic heterocycles. The Balaban J connectivity index is 2.35. The van der Waals surface area contributed by atoms with Crippen LogP contribution < -0.4 is 5.32 Å². The first-order chi connectivity index (χ1) is 7.83. The first-order valence-corrected chi connectivity index (χ1v) is 5.09. The van der Waals surface area contributed by atoms with Crippen molar-refractivity contribution < 1.29 is 0 Å². The SMILES string of the molecule is CNCC(c1cccnc1)c1nnnn1C. The Morgan fingerprint density at radius 3 is 2.94 bits per heavy atom. The van der Waals surface area contributed by atoms with Crippen molar-refractivity contribution in [1.82, 2.24) is 30.5 Å². The summed E-state index contributed by atoms with van der Waals surface area (Å²) in [5.74, 6) is 0.959. The van der Waals surface area contributed by atoms with Crippen LogP contribution in [0.5, 0.6) is 0 Å². The zero-order valence-corrected chi connectivity index (χ0v) is 9.33. The van der Waals surface area contributed by atoms with Crippen LogP contribution in [0.15, 0.2) is 24.5 Å². The summed E-state index contributed by atoms with van der Waals surface area (Å²) in [7, 11) is 3.75. The first-order valence-electron chi connectivity index (χ1n) is 5.09. The molecule has 2 rings (SSSR count). The number of likely N-dealkylation sites (N-methyl/N-ethyl adjacent to an activating group) is 1. The average Bonchev–Trinajstić information content (AvgIpc) is 2.73. The number of tetrazole rings is 1. The number of hydrogen-bond donors (Lipinski definition) is 1. The van der Waals surface area contributed by atoms with Crippen molar-refractivity contribution in [2.75, 3.05) is 13.6 Å². The van der Waals surface area contributed by atoms with Gasteiger partial charge in [0.15, 0.2) is 5.82 Å². The van der Waals surface area contributed by atoms with E-state index in [-0.39, 0.29) is 5.92 Å². The van der Waals surface area contributed by atoms with Crippen LogP contribution in [0, 0.1) is 0 Å². The van der Waals surface area contributed by atoms with Gasteiger partial charge in [-0.15, -0.1) is 5.10 Å². The molecule has 6 nitrogen and oxygen atoms in total. The van der Waals surface area contributed by atoms with Crippen molar-refractivity contribution in [2.24, 2.45) is 7.05 Å². The molecule has 0 aromatic carbocycles. The molecule has 2 aromatic heterocycles. The van der Waals surface area contributed by atoms with Gasteiger partial charge < -0.3 is 5.32 Å². The zero-order chi connectivity index (χ0) is 11.4. The molecule has 0 saturated heterocycles. The predicted molar refractivity (Wildman–Crippen MR) is 58.8 cm³/mol. The van der Waals surface area contributed by atoms with Crippen LogP contribution in [-0.4, -0.2) is 38.8 Å². The van der Waals surface area contributed by atoms with Gasteiger partial charge in [0.1, 0.15) is 0 Å². The van der Waals surface area contributed by atoms with Gasteiger partial charge in [-0.2, -0.15) is 0 Å². The quantitative estimate of drug-likeness (QED) is 0.779. The van der Waals surface area contributed by atoms with Gasteiger partial charge in [0.25, 0.3) is 0 Å². The highest BCUT2D eigenvalue weighted by Gasteiger charge is 2.19. The Morgan fingerprint density at radius 2 is 2.38 bits per heavy atom. The molecular weight excluding hydrogens is 204 g/mol. The number of nitrogens with zero attached hydrogens (tertiary/aromatic N) is 5. The molecule has 0 spiro atoms. The zero-order valence-electron chi connectivity index (χ0n) is 9.33. The topological polar surface area (TPSA) is 68.5 Å². The van der Waals surface area contributed by atoms with Gasteiger partial charge >= 0.3 is 0 Å². The first kappa shape index (κ1) is 10.7. The Hall–Kier alpha value is -1.82. The summed E-state index contributed by atoms with van der Waals surface area (Å²) in [6.45, 7) is 0.778. The van der Waals surface area contributed by atoms with Crippen LogP contribution in [0.3, 0.4) is 0 Å². The number of aromatic nitrogens is 5. The largest absolute Gasteiger partial charge is 0.319 e. The standard InChI is InChI=1S/C10H14N6/c1-11-7-9(8-4-3-5-12-6-8)10-13-14-15-16(10)2/h3-6,9,11H,7H2,1-2H3. The molecule has 0 aliphatic carbocycles. The number of pyridine rings is 1. The highest BCUT2D eigenvalue weighted by atomic mass is 15.5. The maximum absolute atomic E-state index is 4.12. The second-order valence-electron chi connectivity index (χ2n) is 3.56. The van der Waals surface area contributed by atoms with E-state index in [4.69, 9.17) is 0 Å². The predicted octanol–water partition coefficient (Wildman–Crippen LogP) is -0.0436. The fourth-order valence-electron chi connectivity index (χ4n) is 1.68. The molecule has 1 N–H and O–H groups in total. The Morgan fingerprint density at radius 1 is 1.50 bits per heavy atom. The molecule has 6 heteroatoms. The Labute approximate surface area is 93.7 Å². The number of aryl methyl sites for hydroxylation is 1. The van der Waals surface area contributed by atoms with Gasteiger partial charge in [-0.25, -0.2) is 4.68 Å². The monoisotopic (exact) mass is 218 g/mol. The van der Waals surface area contributed by atoms with E-state index in [0.717, 1.165) is 17.9 Å². The Bertz CT molecular complexity index is 438. The van der Waals surface area contributed by atoms with Crippen molar-refractivity contribution in [2.45, 2.75) is 5.92 Å². The van der Waals surface area contributed by atoms with Crippen LogP contribution in [0.1, 0.15) is 17.3 Å². The highest BCUT2D eigenvalue weighted by Crippen LogP contribution is 2.19. The van der Waals surface area contributed by atoms with Crippen molar-refractivity contribution in [3.63, 3.8) is 0 Å². The molecule has 16 heavy (non-hydrogen) atoms. The van der Waals surface area contributed by atoms with Gasteiger partial charge in [-0.3, -0.25) is 4.98 Å². The number of nitrogens with one attached hydrogen (secondary N) is 1. The lowest BCUT2D eigenvalue weighted by Gasteiger charge is -2.14. The Kier molecular flexibility index (Phi) is 3.21. The second kappa shape index (κ2) is 4.80. The van der Waals surface area contributed by atoms with Crippen LogP contribution >= 0.6 is 0 Å².